The number of alkyl carbamates (subject to hydrolysis) is 1. The molecule has 26 heavy (non-hydrogen) atoms. The molecule has 2 aliphatic rings. The van der Waals surface area contributed by atoms with Crippen molar-refractivity contribution in [3.05, 3.63) is 18.0 Å². The molecule has 7 heteroatoms. The summed E-state index contributed by atoms with van der Waals surface area (Å²) in [6, 6.07) is 1.91. The molecule has 0 saturated carbocycles. The second kappa shape index (κ2) is 6.45. The van der Waals surface area contributed by atoms with Crippen molar-refractivity contribution in [3.8, 4) is 0 Å². The largest absolute Gasteiger partial charge is 0.444 e. The molecule has 0 spiro atoms. The summed E-state index contributed by atoms with van der Waals surface area (Å²) >= 11 is 0. The highest BCUT2D eigenvalue weighted by Crippen LogP contribution is 2.42. The Bertz CT molecular complexity index is 724. The fourth-order valence-electron chi connectivity index (χ4n) is 3.43. The SMILES string of the molecule is CC(C)(C)NC(=O)OC1CCCN(c2ccnc3c2NC(=O)C3(C)C)C1. The Balaban J connectivity index is 1.75. The first-order chi connectivity index (χ1) is 12.1. The lowest BCUT2D eigenvalue weighted by Crippen LogP contribution is -2.46. The molecular formula is C19H28N4O3. The fraction of sp³-hybridized carbons (Fsp3) is 0.632. The highest BCUT2D eigenvalue weighted by atomic mass is 16.6. The Morgan fingerprint density at radius 1 is 1.42 bits per heavy atom. The normalized spacial score (nSPS) is 21.8. The monoisotopic (exact) mass is 360 g/mol. The zero-order valence-electron chi connectivity index (χ0n) is 16.2. The molecule has 1 aromatic rings. The quantitative estimate of drug-likeness (QED) is 0.847. The molecule has 3 rings (SSSR count). The smallest absolute Gasteiger partial charge is 0.407 e. The molecule has 0 radical (unpaired) electrons. The van der Waals surface area contributed by atoms with Crippen LogP contribution in [0, 0.1) is 0 Å². The van der Waals surface area contributed by atoms with Crippen molar-refractivity contribution in [2.45, 2.75) is 64.5 Å². The Morgan fingerprint density at radius 2 is 2.15 bits per heavy atom. The van der Waals surface area contributed by atoms with Crippen LogP contribution in [-0.2, 0) is 14.9 Å². The van der Waals surface area contributed by atoms with Gasteiger partial charge in [0.1, 0.15) is 6.10 Å². The molecule has 1 saturated heterocycles. The molecule has 2 N–H and O–H groups in total. The van der Waals surface area contributed by atoms with Crippen LogP contribution in [0.1, 0.15) is 53.2 Å². The summed E-state index contributed by atoms with van der Waals surface area (Å²) in [5, 5.41) is 5.81. The summed E-state index contributed by atoms with van der Waals surface area (Å²) < 4.78 is 5.61. The molecule has 7 nitrogen and oxygen atoms in total. The molecule has 0 aromatic carbocycles. The lowest BCUT2D eigenvalue weighted by Gasteiger charge is -2.35. The molecule has 1 aromatic heterocycles. The Labute approximate surface area is 154 Å². The average molecular weight is 360 g/mol. The number of carbonyl (C=O) groups excluding carboxylic acids is 2. The van der Waals surface area contributed by atoms with E-state index in [1.165, 1.54) is 0 Å². The zero-order valence-corrected chi connectivity index (χ0v) is 16.2. The Morgan fingerprint density at radius 3 is 2.85 bits per heavy atom. The lowest BCUT2D eigenvalue weighted by atomic mass is 9.90. The van der Waals surface area contributed by atoms with Gasteiger partial charge in [-0.2, -0.15) is 0 Å². The van der Waals surface area contributed by atoms with Gasteiger partial charge in [0.15, 0.2) is 0 Å². The van der Waals surface area contributed by atoms with E-state index in [2.05, 4.69) is 20.5 Å². The summed E-state index contributed by atoms with van der Waals surface area (Å²) in [7, 11) is 0. The molecular weight excluding hydrogens is 332 g/mol. The summed E-state index contributed by atoms with van der Waals surface area (Å²) in [4.78, 5) is 30.9. The highest BCUT2D eigenvalue weighted by Gasteiger charge is 2.42. The van der Waals surface area contributed by atoms with Gasteiger partial charge in [0.25, 0.3) is 0 Å². The number of ether oxygens (including phenoxy) is 1. The molecule has 0 aliphatic carbocycles. The Hall–Kier alpha value is -2.31. The molecule has 0 bridgehead atoms. The van der Waals surface area contributed by atoms with Gasteiger partial charge in [0, 0.05) is 18.3 Å². The van der Waals surface area contributed by atoms with Crippen molar-refractivity contribution in [1.82, 2.24) is 10.3 Å². The van der Waals surface area contributed by atoms with Gasteiger partial charge in [-0.15, -0.1) is 0 Å². The third kappa shape index (κ3) is 3.61. The molecule has 2 aliphatic heterocycles. The number of nitrogens with zero attached hydrogens (tertiary/aromatic N) is 2. The van der Waals surface area contributed by atoms with E-state index in [0.717, 1.165) is 36.5 Å². The van der Waals surface area contributed by atoms with E-state index >= 15 is 0 Å². The molecule has 1 fully saturated rings. The maximum Gasteiger partial charge on any atom is 0.407 e. The van der Waals surface area contributed by atoms with Crippen molar-refractivity contribution in [2.24, 2.45) is 0 Å². The minimum absolute atomic E-state index is 0.0400. The standard InChI is InChI=1S/C19H28N4O3/c1-18(2,3)22-17(25)26-12-7-6-10-23(11-12)13-8-9-20-15-14(13)21-16(24)19(15,4)5/h8-9,12H,6-7,10-11H2,1-5H3,(H,21,24)(H,22,25). The van der Waals surface area contributed by atoms with Gasteiger partial charge in [-0.25, -0.2) is 4.79 Å². The molecule has 1 unspecified atom stereocenters. The number of piperidine rings is 1. The summed E-state index contributed by atoms with van der Waals surface area (Å²) in [6.45, 7) is 11.0. The number of nitrogens with one attached hydrogen (secondary N) is 2. The van der Waals surface area contributed by atoms with E-state index in [-0.39, 0.29) is 17.6 Å². The minimum Gasteiger partial charge on any atom is -0.444 e. The number of carbonyl (C=O) groups is 2. The number of anilines is 2. The lowest BCUT2D eigenvalue weighted by molar-refractivity contribution is -0.119. The van der Waals surface area contributed by atoms with Crippen LogP contribution in [0.25, 0.3) is 0 Å². The molecule has 142 valence electrons. The van der Waals surface area contributed by atoms with Gasteiger partial charge in [-0.3, -0.25) is 9.78 Å². The second-order valence-electron chi connectivity index (χ2n) is 8.62. The Kier molecular flexibility index (Phi) is 4.58. The van der Waals surface area contributed by atoms with Crippen molar-refractivity contribution >= 4 is 23.4 Å². The van der Waals surface area contributed by atoms with Crippen molar-refractivity contribution < 1.29 is 14.3 Å². The summed E-state index contributed by atoms with van der Waals surface area (Å²) in [5.74, 6) is -0.0400. The third-order valence-corrected chi connectivity index (χ3v) is 4.80. The predicted molar refractivity (Wildman–Crippen MR) is 100 cm³/mol. The van der Waals surface area contributed by atoms with E-state index in [1.54, 1.807) is 6.20 Å². The summed E-state index contributed by atoms with van der Waals surface area (Å²) in [6.07, 6.45) is 2.92. The van der Waals surface area contributed by atoms with Gasteiger partial charge < -0.3 is 20.3 Å². The maximum atomic E-state index is 12.3. The van der Waals surface area contributed by atoms with Crippen LogP contribution in [0.3, 0.4) is 0 Å². The number of hydrogen-bond donors (Lipinski definition) is 2. The summed E-state index contributed by atoms with van der Waals surface area (Å²) in [5.41, 5.74) is 1.53. The third-order valence-electron chi connectivity index (χ3n) is 4.80. The highest BCUT2D eigenvalue weighted by molar-refractivity contribution is 6.07. The number of hydrogen-bond acceptors (Lipinski definition) is 5. The predicted octanol–water partition coefficient (Wildman–Crippen LogP) is 2.80. The second-order valence-corrected chi connectivity index (χ2v) is 8.62. The minimum atomic E-state index is -0.635. The first kappa shape index (κ1) is 18.5. The topological polar surface area (TPSA) is 83.6 Å². The zero-order chi connectivity index (χ0) is 19.1. The van der Waals surface area contributed by atoms with Crippen molar-refractivity contribution in [1.29, 1.82) is 0 Å². The first-order valence-corrected chi connectivity index (χ1v) is 9.12. The number of fused-ring (bicyclic) bond motifs is 1. The first-order valence-electron chi connectivity index (χ1n) is 9.12. The van der Waals surface area contributed by atoms with Crippen LogP contribution >= 0.6 is 0 Å². The van der Waals surface area contributed by atoms with E-state index in [4.69, 9.17) is 4.74 Å². The van der Waals surface area contributed by atoms with Crippen LogP contribution in [0.5, 0.6) is 0 Å². The van der Waals surface area contributed by atoms with Crippen LogP contribution in [0.4, 0.5) is 16.2 Å². The molecule has 3 heterocycles. The molecule has 1 atom stereocenters. The number of amides is 2. The average Bonchev–Trinajstić information content (AvgIpc) is 2.75. The van der Waals surface area contributed by atoms with E-state index in [1.807, 2.05) is 40.7 Å². The van der Waals surface area contributed by atoms with Crippen LogP contribution < -0.4 is 15.5 Å². The van der Waals surface area contributed by atoms with Crippen LogP contribution in [0.15, 0.2) is 12.3 Å². The fourth-order valence-corrected chi connectivity index (χ4v) is 3.43. The van der Waals surface area contributed by atoms with E-state index in [0.29, 0.717) is 6.54 Å². The van der Waals surface area contributed by atoms with Gasteiger partial charge in [0.05, 0.1) is 29.0 Å². The number of aromatic nitrogens is 1. The van der Waals surface area contributed by atoms with E-state index < -0.39 is 11.5 Å². The van der Waals surface area contributed by atoms with Gasteiger partial charge in [-0.1, -0.05) is 0 Å². The van der Waals surface area contributed by atoms with Gasteiger partial charge in [-0.05, 0) is 53.5 Å². The van der Waals surface area contributed by atoms with Crippen molar-refractivity contribution in [2.75, 3.05) is 23.3 Å². The van der Waals surface area contributed by atoms with Crippen molar-refractivity contribution in [3.63, 3.8) is 0 Å². The van der Waals surface area contributed by atoms with Gasteiger partial charge >= 0.3 is 6.09 Å². The van der Waals surface area contributed by atoms with E-state index in [9.17, 15) is 9.59 Å². The number of pyridine rings is 1. The van der Waals surface area contributed by atoms with Gasteiger partial charge in [0.2, 0.25) is 5.91 Å². The molecule has 2 amide bonds. The maximum absolute atomic E-state index is 12.3. The van der Waals surface area contributed by atoms with Crippen LogP contribution in [0.2, 0.25) is 0 Å². The van der Waals surface area contributed by atoms with Crippen LogP contribution in [-0.4, -0.2) is 41.7 Å². The number of rotatable bonds is 2.